The summed E-state index contributed by atoms with van der Waals surface area (Å²) in [5, 5.41) is 3.91. The van der Waals surface area contributed by atoms with E-state index in [-0.39, 0.29) is 23.3 Å². The number of benzene rings is 2. The third-order valence-electron chi connectivity index (χ3n) is 3.88. The Balaban J connectivity index is 1.61. The zero-order chi connectivity index (χ0) is 19.2. The van der Waals surface area contributed by atoms with E-state index in [4.69, 9.17) is 9.26 Å². The molecule has 0 saturated heterocycles. The number of carbonyl (C=O) groups is 1. The molecule has 1 aromatic heterocycles. The van der Waals surface area contributed by atoms with Crippen LogP contribution in [0.4, 0.5) is 5.69 Å². The number of amides is 1. The minimum absolute atomic E-state index is 0.0192. The standard InChI is InChI=1S/C19H19N3O4S/c1-22(15-8-4-3-5-9-15)18(23)13-27(24)12-17-20-19(21-26-17)14-7-6-10-16(11-14)25-2/h3-11H,12-13H2,1-2H3/t27-/m0/s1. The van der Waals surface area contributed by atoms with Gasteiger partial charge in [0.15, 0.2) is 0 Å². The van der Waals surface area contributed by atoms with Gasteiger partial charge in [0.2, 0.25) is 17.6 Å². The molecule has 3 rings (SSSR count). The number of nitrogens with zero attached hydrogens (tertiary/aromatic N) is 3. The molecule has 0 aliphatic carbocycles. The Labute approximate surface area is 159 Å². The first-order valence-electron chi connectivity index (χ1n) is 8.20. The number of rotatable bonds is 7. The fraction of sp³-hybridized carbons (Fsp3) is 0.211. The summed E-state index contributed by atoms with van der Waals surface area (Å²) in [4.78, 5) is 18.0. The summed E-state index contributed by atoms with van der Waals surface area (Å²) in [6.45, 7) is 0. The molecule has 140 valence electrons. The van der Waals surface area contributed by atoms with Crippen LogP contribution in [0.1, 0.15) is 5.89 Å². The molecular weight excluding hydrogens is 366 g/mol. The van der Waals surface area contributed by atoms with Gasteiger partial charge in [-0.15, -0.1) is 0 Å². The van der Waals surface area contributed by atoms with Crippen LogP contribution in [0.5, 0.6) is 5.75 Å². The van der Waals surface area contributed by atoms with Crippen LogP contribution in [-0.2, 0) is 21.3 Å². The van der Waals surface area contributed by atoms with Gasteiger partial charge in [-0.1, -0.05) is 35.5 Å². The Kier molecular flexibility index (Phi) is 5.97. The van der Waals surface area contributed by atoms with E-state index in [1.165, 1.54) is 4.90 Å². The lowest BCUT2D eigenvalue weighted by Crippen LogP contribution is -2.31. The molecular formula is C19H19N3O4S. The van der Waals surface area contributed by atoms with Crippen LogP contribution in [-0.4, -0.2) is 40.2 Å². The number of para-hydroxylation sites is 1. The van der Waals surface area contributed by atoms with Crippen LogP contribution in [0.25, 0.3) is 11.4 Å². The smallest absolute Gasteiger partial charge is 0.239 e. The van der Waals surface area contributed by atoms with Crippen molar-refractivity contribution in [1.29, 1.82) is 0 Å². The van der Waals surface area contributed by atoms with E-state index >= 15 is 0 Å². The van der Waals surface area contributed by atoms with Crippen molar-refractivity contribution in [3.63, 3.8) is 0 Å². The fourth-order valence-electron chi connectivity index (χ4n) is 2.41. The fourth-order valence-corrected chi connectivity index (χ4v) is 3.38. The highest BCUT2D eigenvalue weighted by atomic mass is 32.2. The second-order valence-electron chi connectivity index (χ2n) is 5.76. The molecule has 0 saturated carbocycles. The summed E-state index contributed by atoms with van der Waals surface area (Å²) in [5.74, 6) is 0.937. The van der Waals surface area contributed by atoms with Crippen LogP contribution in [0, 0.1) is 0 Å². The van der Waals surface area contributed by atoms with Crippen molar-refractivity contribution < 1.29 is 18.3 Å². The molecule has 1 atom stereocenters. The van der Waals surface area contributed by atoms with Gasteiger partial charge in [0.1, 0.15) is 17.3 Å². The predicted molar refractivity (Wildman–Crippen MR) is 103 cm³/mol. The number of carbonyl (C=O) groups excluding carboxylic acids is 1. The Morgan fingerprint density at radius 2 is 1.96 bits per heavy atom. The second-order valence-corrected chi connectivity index (χ2v) is 7.22. The summed E-state index contributed by atoms with van der Waals surface area (Å²) < 4.78 is 22.7. The lowest BCUT2D eigenvalue weighted by molar-refractivity contribution is -0.115. The minimum atomic E-state index is -1.46. The predicted octanol–water partition coefficient (Wildman–Crippen LogP) is 2.66. The van der Waals surface area contributed by atoms with Crippen LogP contribution < -0.4 is 9.64 Å². The largest absolute Gasteiger partial charge is 0.497 e. The Morgan fingerprint density at radius 1 is 1.19 bits per heavy atom. The van der Waals surface area contributed by atoms with Crippen LogP contribution in [0.15, 0.2) is 59.1 Å². The summed E-state index contributed by atoms with van der Waals surface area (Å²) in [6, 6.07) is 16.4. The summed E-state index contributed by atoms with van der Waals surface area (Å²) >= 11 is 0. The first-order valence-corrected chi connectivity index (χ1v) is 9.69. The summed E-state index contributed by atoms with van der Waals surface area (Å²) in [7, 11) is 1.78. The normalized spacial score (nSPS) is 11.8. The van der Waals surface area contributed by atoms with Crippen molar-refractivity contribution in [2.75, 3.05) is 24.8 Å². The molecule has 2 aromatic carbocycles. The highest BCUT2D eigenvalue weighted by Crippen LogP contribution is 2.21. The van der Waals surface area contributed by atoms with Gasteiger partial charge in [-0.25, -0.2) is 0 Å². The minimum Gasteiger partial charge on any atom is -0.497 e. The Morgan fingerprint density at radius 3 is 2.70 bits per heavy atom. The van der Waals surface area contributed by atoms with Crippen LogP contribution in [0.3, 0.4) is 0 Å². The number of aromatic nitrogens is 2. The van der Waals surface area contributed by atoms with Gasteiger partial charge in [-0.2, -0.15) is 4.98 Å². The first kappa shape index (κ1) is 18.8. The molecule has 0 bridgehead atoms. The summed E-state index contributed by atoms with van der Waals surface area (Å²) in [6.07, 6.45) is 0. The number of ether oxygens (including phenoxy) is 1. The third-order valence-corrected chi connectivity index (χ3v) is 5.02. The van der Waals surface area contributed by atoms with Gasteiger partial charge in [0.05, 0.1) is 7.11 Å². The van der Waals surface area contributed by atoms with Gasteiger partial charge in [0, 0.05) is 29.1 Å². The average Bonchev–Trinajstić information content (AvgIpc) is 3.16. The van der Waals surface area contributed by atoms with Crippen LogP contribution >= 0.6 is 0 Å². The molecule has 27 heavy (non-hydrogen) atoms. The molecule has 1 amide bonds. The van der Waals surface area contributed by atoms with Gasteiger partial charge in [0.25, 0.3) is 0 Å². The number of anilines is 1. The van der Waals surface area contributed by atoms with E-state index < -0.39 is 10.8 Å². The van der Waals surface area contributed by atoms with Crippen LogP contribution in [0.2, 0.25) is 0 Å². The lowest BCUT2D eigenvalue weighted by atomic mass is 10.2. The quantitative estimate of drug-likeness (QED) is 0.622. The SMILES string of the molecule is COc1cccc(-c2noc(C[S@](=O)CC(=O)N(C)c3ccccc3)n2)c1. The van der Waals surface area contributed by atoms with Gasteiger partial charge < -0.3 is 14.2 Å². The highest BCUT2D eigenvalue weighted by Gasteiger charge is 2.17. The molecule has 0 spiro atoms. The van der Waals surface area contributed by atoms with E-state index in [0.29, 0.717) is 11.6 Å². The molecule has 0 aliphatic rings. The molecule has 0 unspecified atom stereocenters. The summed E-state index contributed by atoms with van der Waals surface area (Å²) in [5.41, 5.74) is 1.48. The number of methoxy groups -OCH3 is 1. The highest BCUT2D eigenvalue weighted by molar-refractivity contribution is 7.84. The molecule has 0 radical (unpaired) electrons. The van der Waals surface area contributed by atoms with E-state index in [1.807, 2.05) is 48.5 Å². The van der Waals surface area contributed by atoms with Crippen molar-refractivity contribution in [1.82, 2.24) is 10.1 Å². The van der Waals surface area contributed by atoms with Crippen molar-refractivity contribution in [3.05, 3.63) is 60.5 Å². The molecule has 7 nitrogen and oxygen atoms in total. The van der Waals surface area contributed by atoms with Crippen molar-refractivity contribution in [3.8, 4) is 17.1 Å². The van der Waals surface area contributed by atoms with Gasteiger partial charge in [-0.3, -0.25) is 9.00 Å². The van der Waals surface area contributed by atoms with E-state index in [1.54, 1.807) is 20.2 Å². The van der Waals surface area contributed by atoms with E-state index in [9.17, 15) is 9.00 Å². The van der Waals surface area contributed by atoms with Gasteiger partial charge >= 0.3 is 0 Å². The number of hydrogen-bond acceptors (Lipinski definition) is 6. The Bertz CT molecular complexity index is 943. The maximum Gasteiger partial charge on any atom is 0.239 e. The first-order chi connectivity index (χ1) is 13.1. The third kappa shape index (κ3) is 4.79. The monoisotopic (exact) mass is 385 g/mol. The molecule has 0 fully saturated rings. The van der Waals surface area contributed by atoms with Gasteiger partial charge in [-0.05, 0) is 24.3 Å². The molecule has 1 heterocycles. The topological polar surface area (TPSA) is 85.5 Å². The maximum atomic E-state index is 12.3. The molecule has 8 heteroatoms. The maximum absolute atomic E-state index is 12.3. The lowest BCUT2D eigenvalue weighted by Gasteiger charge is -2.16. The number of hydrogen-bond donors (Lipinski definition) is 0. The molecule has 0 N–H and O–H groups in total. The van der Waals surface area contributed by atoms with Crippen molar-refractivity contribution in [2.24, 2.45) is 0 Å². The molecule has 0 aliphatic heterocycles. The second kappa shape index (κ2) is 8.59. The average molecular weight is 385 g/mol. The zero-order valence-electron chi connectivity index (χ0n) is 15.0. The zero-order valence-corrected chi connectivity index (χ0v) is 15.8. The van der Waals surface area contributed by atoms with Crippen molar-refractivity contribution in [2.45, 2.75) is 5.75 Å². The molecule has 3 aromatic rings. The van der Waals surface area contributed by atoms with E-state index in [2.05, 4.69) is 10.1 Å². The van der Waals surface area contributed by atoms with Crippen molar-refractivity contribution >= 4 is 22.4 Å². The Hall–Kier alpha value is -3.00. The van der Waals surface area contributed by atoms with E-state index in [0.717, 1.165) is 11.3 Å².